The minimum Gasteiger partial charge on any atom is -0.385 e. The molecule has 0 bridgehead atoms. The third-order valence-electron chi connectivity index (χ3n) is 3.43. The van der Waals surface area contributed by atoms with Crippen LogP contribution in [0.2, 0.25) is 5.02 Å². The van der Waals surface area contributed by atoms with Crippen LogP contribution in [0.1, 0.15) is 38.5 Å². The zero-order chi connectivity index (χ0) is 12.1. The second kappa shape index (κ2) is 6.25. The normalized spacial score (nSPS) is 17.8. The number of nitrogens with one attached hydrogen (secondary N) is 1. The van der Waals surface area contributed by atoms with Gasteiger partial charge in [0.15, 0.2) is 0 Å². The van der Waals surface area contributed by atoms with E-state index in [0.717, 1.165) is 18.2 Å². The Morgan fingerprint density at radius 1 is 1.12 bits per heavy atom. The van der Waals surface area contributed by atoms with Gasteiger partial charge in [0, 0.05) is 17.3 Å². The highest BCUT2D eigenvalue weighted by atomic mass is 35.5. The van der Waals surface area contributed by atoms with E-state index >= 15 is 0 Å². The number of anilines is 1. The Hall–Kier alpha value is -0.760. The van der Waals surface area contributed by atoms with E-state index in [1.54, 1.807) is 6.07 Å². The van der Waals surface area contributed by atoms with Crippen LogP contribution in [-0.2, 0) is 0 Å². The highest BCUT2D eigenvalue weighted by Gasteiger charge is 2.12. The summed E-state index contributed by atoms with van der Waals surface area (Å²) in [6.45, 7) is 0.930. The third-order valence-corrected chi connectivity index (χ3v) is 3.65. The van der Waals surface area contributed by atoms with E-state index in [2.05, 4.69) is 5.32 Å². The Kier molecular flexibility index (Phi) is 4.66. The van der Waals surface area contributed by atoms with E-state index in [0.29, 0.717) is 5.02 Å². The van der Waals surface area contributed by atoms with Crippen molar-refractivity contribution in [2.75, 3.05) is 11.9 Å². The summed E-state index contributed by atoms with van der Waals surface area (Å²) >= 11 is 5.82. The van der Waals surface area contributed by atoms with Crippen LogP contribution >= 0.6 is 11.6 Å². The minimum atomic E-state index is -0.277. The molecule has 0 radical (unpaired) electrons. The van der Waals surface area contributed by atoms with Gasteiger partial charge >= 0.3 is 0 Å². The molecule has 94 valence electrons. The van der Waals surface area contributed by atoms with E-state index in [1.807, 2.05) is 0 Å². The molecule has 0 aromatic heterocycles. The molecule has 1 fully saturated rings. The third kappa shape index (κ3) is 4.19. The molecular weight excluding hydrogens is 237 g/mol. The van der Waals surface area contributed by atoms with Gasteiger partial charge in [-0.05, 0) is 37.0 Å². The van der Waals surface area contributed by atoms with Gasteiger partial charge in [-0.2, -0.15) is 0 Å². The summed E-state index contributed by atoms with van der Waals surface area (Å²) < 4.78 is 13.1. The van der Waals surface area contributed by atoms with E-state index in [4.69, 9.17) is 11.6 Å². The summed E-state index contributed by atoms with van der Waals surface area (Å²) in [5.74, 6) is 0.445. The minimum absolute atomic E-state index is 0.277. The number of benzene rings is 1. The molecule has 0 saturated heterocycles. The highest BCUT2D eigenvalue weighted by molar-refractivity contribution is 6.30. The van der Waals surface area contributed by atoms with Gasteiger partial charge in [-0.3, -0.25) is 0 Å². The molecule has 1 aromatic rings. The quantitative estimate of drug-likeness (QED) is 0.761. The van der Waals surface area contributed by atoms with Crippen molar-refractivity contribution in [2.45, 2.75) is 38.5 Å². The van der Waals surface area contributed by atoms with Crippen LogP contribution in [0.4, 0.5) is 10.1 Å². The van der Waals surface area contributed by atoms with Crippen LogP contribution in [0.3, 0.4) is 0 Å². The molecule has 0 spiro atoms. The first-order chi connectivity index (χ1) is 8.24. The molecule has 0 unspecified atom stereocenters. The van der Waals surface area contributed by atoms with Crippen molar-refractivity contribution < 1.29 is 4.39 Å². The van der Waals surface area contributed by atoms with Gasteiger partial charge in [0.2, 0.25) is 0 Å². The summed E-state index contributed by atoms with van der Waals surface area (Å²) in [5.41, 5.74) is 0.791. The van der Waals surface area contributed by atoms with Crippen LogP contribution in [0.15, 0.2) is 18.2 Å². The monoisotopic (exact) mass is 255 g/mol. The van der Waals surface area contributed by atoms with Crippen LogP contribution in [0.25, 0.3) is 0 Å². The predicted octanol–water partition coefficient (Wildman–Crippen LogP) is 4.86. The summed E-state index contributed by atoms with van der Waals surface area (Å²) in [6.07, 6.45) is 7.96. The van der Waals surface area contributed by atoms with Gasteiger partial charge < -0.3 is 5.32 Å². The number of rotatable bonds is 3. The second-order valence-electron chi connectivity index (χ2n) is 4.90. The molecule has 1 aliphatic rings. The standard InChI is InChI=1S/C14H19ClFN/c15-12-7-13(16)9-14(8-12)17-10-11-5-3-1-2-4-6-11/h7-9,11,17H,1-6,10H2. The summed E-state index contributed by atoms with van der Waals surface area (Å²) in [7, 11) is 0. The van der Waals surface area contributed by atoms with Crippen molar-refractivity contribution in [3.8, 4) is 0 Å². The molecule has 2 rings (SSSR count). The van der Waals surface area contributed by atoms with Gasteiger partial charge in [0.25, 0.3) is 0 Å². The fourth-order valence-electron chi connectivity index (χ4n) is 2.49. The van der Waals surface area contributed by atoms with Crippen molar-refractivity contribution in [3.63, 3.8) is 0 Å². The van der Waals surface area contributed by atoms with E-state index < -0.39 is 0 Å². The van der Waals surface area contributed by atoms with Crippen LogP contribution in [-0.4, -0.2) is 6.54 Å². The maximum absolute atomic E-state index is 13.1. The molecular formula is C14H19ClFN. The SMILES string of the molecule is Fc1cc(Cl)cc(NCC2CCCCCC2)c1. The lowest BCUT2D eigenvalue weighted by Crippen LogP contribution is -2.13. The Balaban J connectivity index is 1.87. The molecule has 1 nitrogen and oxygen atoms in total. The maximum atomic E-state index is 13.1. The zero-order valence-electron chi connectivity index (χ0n) is 10.0. The Bertz CT molecular complexity index is 339. The Morgan fingerprint density at radius 3 is 2.47 bits per heavy atom. The average Bonchev–Trinajstić information content (AvgIpc) is 2.53. The molecule has 1 N–H and O–H groups in total. The van der Waals surface area contributed by atoms with Crippen molar-refractivity contribution in [1.29, 1.82) is 0 Å². The fourth-order valence-corrected chi connectivity index (χ4v) is 2.71. The first-order valence-electron chi connectivity index (χ1n) is 6.44. The van der Waals surface area contributed by atoms with Gasteiger partial charge in [-0.1, -0.05) is 37.3 Å². The summed E-state index contributed by atoms with van der Waals surface area (Å²) in [5, 5.41) is 3.75. The van der Waals surface area contributed by atoms with Gasteiger partial charge in [-0.15, -0.1) is 0 Å². The number of hydrogen-bond donors (Lipinski definition) is 1. The van der Waals surface area contributed by atoms with Crippen LogP contribution in [0, 0.1) is 11.7 Å². The van der Waals surface area contributed by atoms with Gasteiger partial charge in [-0.25, -0.2) is 4.39 Å². The lowest BCUT2D eigenvalue weighted by atomic mass is 10.0. The van der Waals surface area contributed by atoms with Gasteiger partial charge in [0.1, 0.15) is 5.82 Å². The van der Waals surface area contributed by atoms with E-state index in [-0.39, 0.29) is 5.82 Å². The summed E-state index contributed by atoms with van der Waals surface area (Å²) in [6, 6.07) is 4.61. The van der Waals surface area contributed by atoms with Crippen LogP contribution in [0.5, 0.6) is 0 Å². The predicted molar refractivity (Wildman–Crippen MR) is 71.1 cm³/mol. The number of hydrogen-bond acceptors (Lipinski definition) is 1. The smallest absolute Gasteiger partial charge is 0.126 e. The van der Waals surface area contributed by atoms with Crippen molar-refractivity contribution in [2.24, 2.45) is 5.92 Å². The molecule has 3 heteroatoms. The highest BCUT2D eigenvalue weighted by Crippen LogP contribution is 2.24. The zero-order valence-corrected chi connectivity index (χ0v) is 10.8. The molecule has 0 amide bonds. The molecule has 17 heavy (non-hydrogen) atoms. The average molecular weight is 256 g/mol. The molecule has 0 aliphatic heterocycles. The van der Waals surface area contributed by atoms with Crippen molar-refractivity contribution in [1.82, 2.24) is 0 Å². The number of halogens is 2. The van der Waals surface area contributed by atoms with Crippen molar-refractivity contribution in [3.05, 3.63) is 29.0 Å². The largest absolute Gasteiger partial charge is 0.385 e. The molecule has 1 aliphatic carbocycles. The topological polar surface area (TPSA) is 12.0 Å². The molecule has 0 heterocycles. The van der Waals surface area contributed by atoms with E-state index in [9.17, 15) is 4.39 Å². The first-order valence-corrected chi connectivity index (χ1v) is 6.82. The Morgan fingerprint density at radius 2 is 1.82 bits per heavy atom. The molecule has 1 saturated carbocycles. The summed E-state index contributed by atoms with van der Waals surface area (Å²) in [4.78, 5) is 0. The molecule has 0 atom stereocenters. The molecule has 1 aromatic carbocycles. The van der Waals surface area contributed by atoms with Gasteiger partial charge in [0.05, 0.1) is 0 Å². The van der Waals surface area contributed by atoms with Crippen LogP contribution < -0.4 is 5.32 Å². The van der Waals surface area contributed by atoms with E-state index in [1.165, 1.54) is 50.7 Å². The maximum Gasteiger partial charge on any atom is 0.126 e. The first kappa shape index (κ1) is 12.7. The second-order valence-corrected chi connectivity index (χ2v) is 5.33. The Labute approximate surface area is 107 Å². The van der Waals surface area contributed by atoms with Crippen molar-refractivity contribution >= 4 is 17.3 Å². The lowest BCUT2D eigenvalue weighted by Gasteiger charge is -2.15. The lowest BCUT2D eigenvalue weighted by molar-refractivity contribution is 0.483. The fraction of sp³-hybridized carbons (Fsp3) is 0.571.